The van der Waals surface area contributed by atoms with Crippen LogP contribution in [0.15, 0.2) is 0 Å². The third-order valence-electron chi connectivity index (χ3n) is 2.98. The maximum Gasteiger partial charge on any atom is 1.00 e. The van der Waals surface area contributed by atoms with Crippen LogP contribution in [0.1, 0.15) is 90.9 Å². The van der Waals surface area contributed by atoms with Gasteiger partial charge in [-0.1, -0.05) is 65.2 Å². The molecule has 4 nitrogen and oxygen atoms in total. The fraction of sp³-hybridized carbons (Fsp3) is 0.875. The van der Waals surface area contributed by atoms with Crippen LogP contribution in [-0.2, 0) is 9.59 Å². The van der Waals surface area contributed by atoms with Gasteiger partial charge in [-0.3, -0.25) is 4.79 Å². The first-order valence-electron chi connectivity index (χ1n) is 7.96. The van der Waals surface area contributed by atoms with E-state index in [4.69, 9.17) is 5.11 Å². The second-order valence-electron chi connectivity index (χ2n) is 5.09. The van der Waals surface area contributed by atoms with Gasteiger partial charge in [-0.05, 0) is 19.3 Å². The molecule has 0 atom stereocenters. The van der Waals surface area contributed by atoms with Crippen molar-refractivity contribution in [1.29, 1.82) is 0 Å². The van der Waals surface area contributed by atoms with Crippen LogP contribution in [0.25, 0.3) is 0 Å². The minimum Gasteiger partial charge on any atom is -0.550 e. The summed E-state index contributed by atoms with van der Waals surface area (Å²) in [4.78, 5) is 20.0. The van der Waals surface area contributed by atoms with Crippen molar-refractivity contribution in [2.45, 2.75) is 90.9 Å². The van der Waals surface area contributed by atoms with Gasteiger partial charge in [-0.25, -0.2) is 0 Å². The third kappa shape index (κ3) is 33.0. The molecule has 0 radical (unpaired) electrons. The van der Waals surface area contributed by atoms with E-state index in [0.29, 0.717) is 6.42 Å². The fourth-order valence-electron chi connectivity index (χ4n) is 1.75. The molecule has 0 aromatic rings. The zero-order chi connectivity index (χ0) is 15.6. The maximum atomic E-state index is 10.0. The van der Waals surface area contributed by atoms with Crippen LogP contribution in [-0.4, -0.2) is 17.0 Å². The van der Waals surface area contributed by atoms with E-state index in [1.165, 1.54) is 32.1 Å². The van der Waals surface area contributed by atoms with Gasteiger partial charge in [-0.2, -0.15) is 0 Å². The zero-order valence-corrected chi connectivity index (χ0v) is 16.2. The molecule has 1 N–H and O–H groups in total. The standard InChI is InChI=1S/2C8H16O2.Na/c2*1-2-3-4-5-6-7-8(9)10;/h2*2-7H2,1H3,(H,9,10);/q;;+1/p-1. The predicted octanol–water partition coefficient (Wildman–Crippen LogP) is 0.532. The number of carboxylic acid groups (broad SMARTS) is 2. The van der Waals surface area contributed by atoms with Crippen molar-refractivity contribution in [3.63, 3.8) is 0 Å². The van der Waals surface area contributed by atoms with E-state index in [1.807, 2.05) is 0 Å². The topological polar surface area (TPSA) is 77.4 Å². The van der Waals surface area contributed by atoms with Crippen molar-refractivity contribution < 1.29 is 49.4 Å². The molecular formula is C16H31NaO4. The Kier molecular flexibility index (Phi) is 27.4. The summed E-state index contributed by atoms with van der Waals surface area (Å²) in [6.45, 7) is 4.29. The Hall–Kier alpha value is -0.0600. The van der Waals surface area contributed by atoms with Crippen LogP contribution >= 0.6 is 0 Å². The summed E-state index contributed by atoms with van der Waals surface area (Å²) in [6, 6.07) is 0. The summed E-state index contributed by atoms with van der Waals surface area (Å²) >= 11 is 0. The molecule has 0 aliphatic rings. The van der Waals surface area contributed by atoms with Crippen LogP contribution in [0.2, 0.25) is 0 Å². The second-order valence-corrected chi connectivity index (χ2v) is 5.09. The average molecular weight is 310 g/mol. The van der Waals surface area contributed by atoms with E-state index in [-0.39, 0.29) is 36.0 Å². The first-order chi connectivity index (χ1) is 9.54. The van der Waals surface area contributed by atoms with Gasteiger partial charge in [-0.15, -0.1) is 0 Å². The molecule has 5 heteroatoms. The largest absolute Gasteiger partial charge is 1.00 e. The molecule has 0 bridgehead atoms. The van der Waals surface area contributed by atoms with Gasteiger partial charge >= 0.3 is 35.5 Å². The molecule has 0 aromatic heterocycles. The molecule has 0 unspecified atom stereocenters. The smallest absolute Gasteiger partial charge is 0.550 e. The molecule has 0 heterocycles. The van der Waals surface area contributed by atoms with Crippen molar-refractivity contribution >= 4 is 11.9 Å². The van der Waals surface area contributed by atoms with Crippen molar-refractivity contribution in [2.75, 3.05) is 0 Å². The molecule has 0 saturated carbocycles. The molecule has 0 aliphatic heterocycles. The van der Waals surface area contributed by atoms with Gasteiger partial charge in [0.2, 0.25) is 0 Å². The molecule has 21 heavy (non-hydrogen) atoms. The summed E-state index contributed by atoms with van der Waals surface area (Å²) in [5, 5.41) is 18.2. The van der Waals surface area contributed by atoms with Gasteiger partial charge < -0.3 is 15.0 Å². The van der Waals surface area contributed by atoms with Gasteiger partial charge in [0, 0.05) is 12.4 Å². The summed E-state index contributed by atoms with van der Waals surface area (Å²) < 4.78 is 0. The Morgan fingerprint density at radius 2 is 1.14 bits per heavy atom. The van der Waals surface area contributed by atoms with Crippen LogP contribution < -0.4 is 34.7 Å². The van der Waals surface area contributed by atoms with E-state index in [2.05, 4.69) is 13.8 Å². The van der Waals surface area contributed by atoms with Crippen LogP contribution in [0.3, 0.4) is 0 Å². The molecule has 0 rings (SSSR count). The van der Waals surface area contributed by atoms with Gasteiger partial charge in [0.1, 0.15) is 0 Å². The summed E-state index contributed by atoms with van der Waals surface area (Å²) in [5.41, 5.74) is 0. The number of hydrogen-bond donors (Lipinski definition) is 1. The maximum absolute atomic E-state index is 10.0. The number of rotatable bonds is 12. The molecule has 0 aliphatic carbocycles. The van der Waals surface area contributed by atoms with Gasteiger partial charge in [0.05, 0.1) is 0 Å². The number of carboxylic acids is 2. The minimum atomic E-state index is -0.920. The Labute approximate surface area is 152 Å². The van der Waals surface area contributed by atoms with Gasteiger partial charge in [0.25, 0.3) is 0 Å². The second kappa shape index (κ2) is 22.2. The average Bonchev–Trinajstić information content (AvgIpc) is 2.38. The first-order valence-corrected chi connectivity index (χ1v) is 7.96. The summed E-state index contributed by atoms with van der Waals surface area (Å²) in [6.07, 6.45) is 11.5. The van der Waals surface area contributed by atoms with Crippen LogP contribution in [0.5, 0.6) is 0 Å². The Morgan fingerprint density at radius 3 is 1.48 bits per heavy atom. The summed E-state index contributed by atoms with van der Waals surface area (Å²) in [7, 11) is 0. The van der Waals surface area contributed by atoms with Crippen molar-refractivity contribution in [3.05, 3.63) is 0 Å². The van der Waals surface area contributed by atoms with Crippen LogP contribution in [0.4, 0.5) is 0 Å². The SMILES string of the molecule is CCCCCCCC(=O)O.CCCCCCCC(=O)[O-].[Na+]. The molecule has 0 spiro atoms. The van der Waals surface area contributed by atoms with Crippen molar-refractivity contribution in [2.24, 2.45) is 0 Å². The minimum absolute atomic E-state index is 0. The fourth-order valence-corrected chi connectivity index (χ4v) is 1.75. The van der Waals surface area contributed by atoms with Crippen molar-refractivity contribution in [3.8, 4) is 0 Å². The van der Waals surface area contributed by atoms with E-state index in [1.54, 1.807) is 0 Å². The number of unbranched alkanes of at least 4 members (excludes halogenated alkanes) is 8. The monoisotopic (exact) mass is 310 g/mol. The van der Waals surface area contributed by atoms with Crippen molar-refractivity contribution in [1.82, 2.24) is 0 Å². The Bertz CT molecular complexity index is 208. The Balaban J connectivity index is -0.000000295. The number of hydrogen-bond acceptors (Lipinski definition) is 3. The van der Waals surface area contributed by atoms with E-state index >= 15 is 0 Å². The molecule has 120 valence electrons. The van der Waals surface area contributed by atoms with E-state index in [0.717, 1.165) is 32.1 Å². The molecular weight excluding hydrogens is 279 g/mol. The number of carbonyl (C=O) groups is 2. The number of carbonyl (C=O) groups excluding carboxylic acids is 1. The summed E-state index contributed by atoms with van der Waals surface area (Å²) in [5.74, 6) is -1.59. The normalized spacial score (nSPS) is 9.24. The molecule has 0 aromatic carbocycles. The molecule has 0 fully saturated rings. The first kappa shape index (κ1) is 25.9. The third-order valence-corrected chi connectivity index (χ3v) is 2.98. The van der Waals surface area contributed by atoms with Crippen LogP contribution in [0, 0.1) is 0 Å². The predicted molar refractivity (Wildman–Crippen MR) is 79.4 cm³/mol. The Morgan fingerprint density at radius 1 is 0.762 bits per heavy atom. The quantitative estimate of drug-likeness (QED) is 0.421. The van der Waals surface area contributed by atoms with E-state index in [9.17, 15) is 14.7 Å². The van der Waals surface area contributed by atoms with Gasteiger partial charge in [0.15, 0.2) is 0 Å². The molecule has 0 amide bonds. The van der Waals surface area contributed by atoms with E-state index < -0.39 is 11.9 Å². The zero-order valence-electron chi connectivity index (χ0n) is 14.2. The number of aliphatic carboxylic acids is 2. The molecule has 0 saturated heterocycles.